The summed E-state index contributed by atoms with van der Waals surface area (Å²) in [6.07, 6.45) is 3.89. The summed E-state index contributed by atoms with van der Waals surface area (Å²) in [6.45, 7) is 4.47. The van der Waals surface area contributed by atoms with Gasteiger partial charge in [0.25, 0.3) is 0 Å². The van der Waals surface area contributed by atoms with Crippen LogP contribution < -0.4 is 10.5 Å². The van der Waals surface area contributed by atoms with Crippen molar-refractivity contribution in [1.82, 2.24) is 14.5 Å². The fourth-order valence-electron chi connectivity index (χ4n) is 2.42. The van der Waals surface area contributed by atoms with Crippen LogP contribution in [0, 0.1) is 0 Å². The number of thiocarbonyl (C=S) groups is 1. The van der Waals surface area contributed by atoms with Gasteiger partial charge in [-0.05, 0) is 24.3 Å². The molecule has 110 valence electrons. The van der Waals surface area contributed by atoms with Crippen molar-refractivity contribution < 1.29 is 4.74 Å². The minimum atomic E-state index is 0.408. The van der Waals surface area contributed by atoms with Crippen molar-refractivity contribution >= 4 is 17.2 Å². The summed E-state index contributed by atoms with van der Waals surface area (Å²) >= 11 is 4.93. The maximum Gasteiger partial charge on any atom is 0.122 e. The van der Waals surface area contributed by atoms with Gasteiger partial charge in [-0.1, -0.05) is 12.2 Å². The highest BCUT2D eigenvalue weighted by atomic mass is 32.1. The third-order valence-corrected chi connectivity index (χ3v) is 3.87. The highest BCUT2D eigenvalue weighted by Gasteiger charge is 2.15. The smallest absolute Gasteiger partial charge is 0.122 e. The molecule has 5 nitrogen and oxygen atoms in total. The molecule has 0 atom stereocenters. The van der Waals surface area contributed by atoms with Crippen molar-refractivity contribution in [3.63, 3.8) is 0 Å². The van der Waals surface area contributed by atoms with E-state index in [9.17, 15) is 0 Å². The second-order valence-electron chi connectivity index (χ2n) is 5.05. The number of nitrogens with two attached hydrogens (primary N) is 1. The minimum Gasteiger partial charge on any atom is -0.492 e. The number of nitrogens with zero attached hydrogens (tertiary/aromatic N) is 3. The Morgan fingerprint density at radius 2 is 2.10 bits per heavy atom. The van der Waals surface area contributed by atoms with E-state index in [1.165, 1.54) is 0 Å². The molecule has 0 saturated heterocycles. The Morgan fingerprint density at radius 3 is 2.86 bits per heavy atom. The number of hydrogen-bond donors (Lipinski definition) is 1. The Bertz CT molecular complexity index is 623. The Hall–Kier alpha value is -1.92. The highest BCUT2D eigenvalue weighted by molar-refractivity contribution is 7.80. The fourth-order valence-corrected chi connectivity index (χ4v) is 2.56. The number of ether oxygens (including phenoxy) is 1. The molecular weight excluding hydrogens is 284 g/mol. The Labute approximate surface area is 129 Å². The molecule has 1 aliphatic rings. The fraction of sp³-hybridized carbons (Fsp3) is 0.333. The summed E-state index contributed by atoms with van der Waals surface area (Å²) in [5.41, 5.74) is 6.43. The third-order valence-electron chi connectivity index (χ3n) is 3.64. The Balaban J connectivity index is 1.47. The van der Waals surface area contributed by atoms with Crippen LogP contribution in [-0.2, 0) is 13.1 Å². The molecule has 0 spiro atoms. The van der Waals surface area contributed by atoms with E-state index in [0.717, 1.165) is 43.3 Å². The van der Waals surface area contributed by atoms with Gasteiger partial charge < -0.3 is 15.0 Å². The zero-order valence-corrected chi connectivity index (χ0v) is 12.6. The van der Waals surface area contributed by atoms with Crippen LogP contribution in [-0.4, -0.2) is 39.1 Å². The second-order valence-corrected chi connectivity index (χ2v) is 5.49. The standard InChI is InChI=1S/C15H18N4OS/c16-15(21)12-1-3-13(4-2-12)20-10-9-18-7-8-19-6-5-17-14(19)11-18/h1-6H,7-11H2,(H2,16,21). The van der Waals surface area contributed by atoms with Crippen molar-refractivity contribution in [3.8, 4) is 5.75 Å². The molecule has 0 bridgehead atoms. The maximum absolute atomic E-state index is 5.76. The summed E-state index contributed by atoms with van der Waals surface area (Å²) < 4.78 is 7.96. The van der Waals surface area contributed by atoms with Crippen LogP contribution in [0.15, 0.2) is 36.7 Å². The molecule has 0 saturated carbocycles. The number of imidazole rings is 1. The predicted molar refractivity (Wildman–Crippen MR) is 85.3 cm³/mol. The van der Waals surface area contributed by atoms with Gasteiger partial charge in [-0.15, -0.1) is 0 Å². The first kappa shape index (κ1) is 14.0. The molecule has 21 heavy (non-hydrogen) atoms. The van der Waals surface area contributed by atoms with Crippen molar-refractivity contribution in [3.05, 3.63) is 48.0 Å². The summed E-state index contributed by atoms with van der Waals surface area (Å²) in [6, 6.07) is 7.57. The summed E-state index contributed by atoms with van der Waals surface area (Å²) in [5, 5.41) is 0. The number of rotatable bonds is 5. The molecule has 1 aromatic carbocycles. The van der Waals surface area contributed by atoms with E-state index >= 15 is 0 Å². The molecule has 6 heteroatoms. The monoisotopic (exact) mass is 302 g/mol. The van der Waals surface area contributed by atoms with Crippen LogP contribution in [0.25, 0.3) is 0 Å². The zero-order valence-electron chi connectivity index (χ0n) is 11.7. The van der Waals surface area contributed by atoms with Gasteiger partial charge in [0.1, 0.15) is 23.2 Å². The van der Waals surface area contributed by atoms with E-state index in [2.05, 4.69) is 14.5 Å². The van der Waals surface area contributed by atoms with E-state index in [-0.39, 0.29) is 0 Å². The third kappa shape index (κ3) is 3.40. The number of fused-ring (bicyclic) bond motifs is 1. The highest BCUT2D eigenvalue weighted by Crippen LogP contribution is 2.13. The van der Waals surface area contributed by atoms with E-state index in [1.54, 1.807) is 0 Å². The molecular formula is C15H18N4OS. The number of hydrogen-bond acceptors (Lipinski definition) is 4. The van der Waals surface area contributed by atoms with E-state index in [1.807, 2.05) is 36.7 Å². The van der Waals surface area contributed by atoms with Crippen LogP contribution in [0.4, 0.5) is 0 Å². The van der Waals surface area contributed by atoms with Gasteiger partial charge >= 0.3 is 0 Å². The molecule has 0 aliphatic carbocycles. The largest absolute Gasteiger partial charge is 0.492 e. The van der Waals surface area contributed by atoms with Gasteiger partial charge in [-0.25, -0.2) is 4.98 Å². The van der Waals surface area contributed by atoms with Gasteiger partial charge in [-0.3, -0.25) is 4.90 Å². The lowest BCUT2D eigenvalue weighted by Gasteiger charge is -2.27. The number of benzene rings is 1. The van der Waals surface area contributed by atoms with E-state index in [0.29, 0.717) is 11.6 Å². The molecule has 2 N–H and O–H groups in total. The lowest BCUT2D eigenvalue weighted by Crippen LogP contribution is -2.36. The topological polar surface area (TPSA) is 56.3 Å². The van der Waals surface area contributed by atoms with Gasteiger partial charge in [-0.2, -0.15) is 0 Å². The summed E-state index contributed by atoms with van der Waals surface area (Å²) in [7, 11) is 0. The van der Waals surface area contributed by atoms with Crippen LogP contribution in [0.3, 0.4) is 0 Å². The molecule has 2 heterocycles. The first-order valence-electron chi connectivity index (χ1n) is 6.97. The maximum atomic E-state index is 5.76. The van der Waals surface area contributed by atoms with Crippen LogP contribution >= 0.6 is 12.2 Å². The minimum absolute atomic E-state index is 0.408. The summed E-state index contributed by atoms with van der Waals surface area (Å²) in [5.74, 6) is 1.97. The van der Waals surface area contributed by atoms with Crippen LogP contribution in [0.2, 0.25) is 0 Å². The van der Waals surface area contributed by atoms with Gasteiger partial charge in [0, 0.05) is 37.6 Å². The van der Waals surface area contributed by atoms with Crippen molar-refractivity contribution in [2.75, 3.05) is 19.7 Å². The molecule has 1 aliphatic heterocycles. The van der Waals surface area contributed by atoms with Crippen LogP contribution in [0.1, 0.15) is 11.4 Å². The molecule has 1 aromatic heterocycles. The van der Waals surface area contributed by atoms with E-state index < -0.39 is 0 Å². The SMILES string of the molecule is NC(=S)c1ccc(OCCN2CCn3ccnc3C2)cc1. The molecule has 3 rings (SSSR count). The van der Waals surface area contributed by atoms with Crippen molar-refractivity contribution in [1.29, 1.82) is 0 Å². The zero-order chi connectivity index (χ0) is 14.7. The molecule has 0 amide bonds. The van der Waals surface area contributed by atoms with Gasteiger partial charge in [0.05, 0.1) is 6.54 Å². The first-order chi connectivity index (χ1) is 10.2. The lowest BCUT2D eigenvalue weighted by atomic mass is 10.2. The van der Waals surface area contributed by atoms with Gasteiger partial charge in [0.2, 0.25) is 0 Å². The number of aromatic nitrogens is 2. The normalized spacial score (nSPS) is 14.7. The quantitative estimate of drug-likeness (QED) is 0.846. The van der Waals surface area contributed by atoms with Crippen molar-refractivity contribution in [2.24, 2.45) is 5.73 Å². The molecule has 0 unspecified atom stereocenters. The first-order valence-corrected chi connectivity index (χ1v) is 7.38. The van der Waals surface area contributed by atoms with Gasteiger partial charge in [0.15, 0.2) is 0 Å². The van der Waals surface area contributed by atoms with Crippen molar-refractivity contribution in [2.45, 2.75) is 13.1 Å². The Morgan fingerprint density at radius 1 is 1.29 bits per heavy atom. The lowest BCUT2D eigenvalue weighted by molar-refractivity contribution is 0.175. The average molecular weight is 302 g/mol. The Kier molecular flexibility index (Phi) is 4.17. The molecule has 0 fully saturated rings. The van der Waals surface area contributed by atoms with Crippen LogP contribution in [0.5, 0.6) is 5.75 Å². The molecule has 2 aromatic rings. The molecule has 0 radical (unpaired) electrons. The van der Waals surface area contributed by atoms with E-state index in [4.69, 9.17) is 22.7 Å². The predicted octanol–water partition coefficient (Wildman–Crippen LogP) is 1.41. The second kappa shape index (κ2) is 6.24. The summed E-state index contributed by atoms with van der Waals surface area (Å²) in [4.78, 5) is 7.12. The average Bonchev–Trinajstić information content (AvgIpc) is 2.95.